The van der Waals surface area contributed by atoms with E-state index in [0.717, 1.165) is 6.42 Å². The summed E-state index contributed by atoms with van der Waals surface area (Å²) < 4.78 is 0. The molecule has 1 heterocycles. The van der Waals surface area contributed by atoms with Crippen molar-refractivity contribution in [1.82, 2.24) is 0 Å². The molecule has 0 bridgehead atoms. The van der Waals surface area contributed by atoms with Crippen molar-refractivity contribution in [2.75, 3.05) is 6.54 Å². The lowest BCUT2D eigenvalue weighted by molar-refractivity contribution is 0.663. The van der Waals surface area contributed by atoms with Gasteiger partial charge in [-0.3, -0.25) is 0 Å². The second kappa shape index (κ2) is 3.71. The first kappa shape index (κ1) is 7.72. The second-order valence-electron chi connectivity index (χ2n) is 2.24. The van der Waals surface area contributed by atoms with Crippen molar-refractivity contribution in [1.29, 1.82) is 0 Å². The number of hydrogen-bond acceptors (Lipinski definition) is 3. The van der Waals surface area contributed by atoms with E-state index in [1.54, 1.807) is 11.3 Å². The topological polar surface area (TPSA) is 52.0 Å². The Labute approximate surface area is 64.8 Å². The Morgan fingerprint density at radius 1 is 1.60 bits per heavy atom. The number of nitrogens with two attached hydrogens (primary N) is 2. The van der Waals surface area contributed by atoms with Gasteiger partial charge in [0.05, 0.1) is 0 Å². The zero-order chi connectivity index (χ0) is 7.40. The van der Waals surface area contributed by atoms with Gasteiger partial charge in [0.2, 0.25) is 0 Å². The third kappa shape index (κ3) is 1.80. The van der Waals surface area contributed by atoms with E-state index in [1.807, 2.05) is 11.4 Å². The number of thiophene rings is 1. The van der Waals surface area contributed by atoms with Crippen molar-refractivity contribution in [3.8, 4) is 0 Å². The van der Waals surface area contributed by atoms with E-state index in [4.69, 9.17) is 11.5 Å². The molecule has 0 fully saturated rings. The van der Waals surface area contributed by atoms with Gasteiger partial charge in [0, 0.05) is 6.04 Å². The van der Waals surface area contributed by atoms with E-state index in [9.17, 15) is 0 Å². The highest BCUT2D eigenvalue weighted by molar-refractivity contribution is 7.07. The summed E-state index contributed by atoms with van der Waals surface area (Å²) in [5.41, 5.74) is 12.3. The fourth-order valence-electron chi connectivity index (χ4n) is 0.832. The third-order valence-electron chi connectivity index (χ3n) is 1.45. The zero-order valence-corrected chi connectivity index (χ0v) is 6.60. The molecule has 0 amide bonds. The van der Waals surface area contributed by atoms with Crippen LogP contribution in [0.4, 0.5) is 0 Å². The predicted octanol–water partition coefficient (Wildman–Crippen LogP) is 1.10. The lowest BCUT2D eigenvalue weighted by atomic mass is 10.1. The first-order valence-electron chi connectivity index (χ1n) is 3.32. The minimum absolute atomic E-state index is 0.135. The second-order valence-corrected chi connectivity index (χ2v) is 3.02. The molecule has 1 aromatic heterocycles. The molecule has 2 nitrogen and oxygen atoms in total. The van der Waals surface area contributed by atoms with Crippen LogP contribution in [-0.4, -0.2) is 6.54 Å². The van der Waals surface area contributed by atoms with E-state index in [0.29, 0.717) is 6.54 Å². The van der Waals surface area contributed by atoms with Gasteiger partial charge in [0.1, 0.15) is 0 Å². The fraction of sp³-hybridized carbons (Fsp3) is 0.429. The largest absolute Gasteiger partial charge is 0.330 e. The molecule has 0 aromatic carbocycles. The van der Waals surface area contributed by atoms with Crippen LogP contribution in [0.3, 0.4) is 0 Å². The van der Waals surface area contributed by atoms with Gasteiger partial charge in [0.15, 0.2) is 0 Å². The molecule has 0 radical (unpaired) electrons. The van der Waals surface area contributed by atoms with Gasteiger partial charge >= 0.3 is 0 Å². The smallest absolute Gasteiger partial charge is 0.0315 e. The van der Waals surface area contributed by atoms with Crippen LogP contribution in [0.25, 0.3) is 0 Å². The van der Waals surface area contributed by atoms with Crippen molar-refractivity contribution in [3.63, 3.8) is 0 Å². The van der Waals surface area contributed by atoms with E-state index in [2.05, 4.69) is 5.38 Å². The van der Waals surface area contributed by atoms with Crippen molar-refractivity contribution < 1.29 is 0 Å². The van der Waals surface area contributed by atoms with E-state index in [1.165, 1.54) is 5.56 Å². The van der Waals surface area contributed by atoms with Crippen molar-refractivity contribution in [2.45, 2.75) is 12.5 Å². The molecule has 0 spiro atoms. The maximum Gasteiger partial charge on any atom is 0.0315 e. The Hall–Kier alpha value is -0.380. The van der Waals surface area contributed by atoms with Crippen LogP contribution in [0.15, 0.2) is 16.8 Å². The van der Waals surface area contributed by atoms with Gasteiger partial charge in [-0.15, -0.1) is 0 Å². The molecular formula is C7H12N2S. The van der Waals surface area contributed by atoms with Crippen molar-refractivity contribution in [3.05, 3.63) is 22.4 Å². The van der Waals surface area contributed by atoms with E-state index < -0.39 is 0 Å². The Bertz CT molecular complexity index is 172. The summed E-state index contributed by atoms with van der Waals surface area (Å²) in [6.45, 7) is 0.664. The molecule has 0 aliphatic rings. The van der Waals surface area contributed by atoms with Gasteiger partial charge in [0.25, 0.3) is 0 Å². The molecule has 1 rings (SSSR count). The molecule has 1 atom stereocenters. The highest BCUT2D eigenvalue weighted by Crippen LogP contribution is 2.15. The monoisotopic (exact) mass is 156 g/mol. The summed E-state index contributed by atoms with van der Waals surface area (Å²) in [6.07, 6.45) is 0.872. The van der Waals surface area contributed by atoms with E-state index in [-0.39, 0.29) is 6.04 Å². The number of hydrogen-bond donors (Lipinski definition) is 2. The predicted molar refractivity (Wildman–Crippen MR) is 44.9 cm³/mol. The molecule has 0 unspecified atom stereocenters. The fourth-order valence-corrected chi connectivity index (χ4v) is 1.56. The molecule has 0 aliphatic heterocycles. The van der Waals surface area contributed by atoms with Crippen LogP contribution in [0.1, 0.15) is 18.0 Å². The van der Waals surface area contributed by atoms with Crippen LogP contribution >= 0.6 is 11.3 Å². The summed E-state index contributed by atoms with van der Waals surface area (Å²) in [5.74, 6) is 0. The maximum absolute atomic E-state index is 5.78. The minimum Gasteiger partial charge on any atom is -0.330 e. The van der Waals surface area contributed by atoms with Crippen LogP contribution < -0.4 is 11.5 Å². The normalized spacial score (nSPS) is 13.4. The van der Waals surface area contributed by atoms with E-state index >= 15 is 0 Å². The SMILES string of the molecule is NCC[C@@H](N)c1ccsc1. The van der Waals surface area contributed by atoms with Gasteiger partial charge in [-0.25, -0.2) is 0 Å². The van der Waals surface area contributed by atoms with Crippen LogP contribution in [0, 0.1) is 0 Å². The zero-order valence-electron chi connectivity index (χ0n) is 5.79. The summed E-state index contributed by atoms with van der Waals surface area (Å²) in [6, 6.07) is 2.18. The first-order chi connectivity index (χ1) is 4.84. The highest BCUT2D eigenvalue weighted by Gasteiger charge is 2.03. The summed E-state index contributed by atoms with van der Waals surface area (Å²) >= 11 is 1.67. The minimum atomic E-state index is 0.135. The molecule has 4 N–H and O–H groups in total. The summed E-state index contributed by atoms with van der Waals surface area (Å²) in [4.78, 5) is 0. The van der Waals surface area contributed by atoms with Crippen molar-refractivity contribution >= 4 is 11.3 Å². The molecule has 0 aliphatic carbocycles. The maximum atomic E-state index is 5.78. The van der Waals surface area contributed by atoms with Crippen LogP contribution in [0.2, 0.25) is 0 Å². The summed E-state index contributed by atoms with van der Waals surface area (Å²) in [7, 11) is 0. The highest BCUT2D eigenvalue weighted by atomic mass is 32.1. The summed E-state index contributed by atoms with van der Waals surface area (Å²) in [5, 5.41) is 4.10. The first-order valence-corrected chi connectivity index (χ1v) is 4.26. The number of rotatable bonds is 3. The molecule has 0 saturated carbocycles. The van der Waals surface area contributed by atoms with Crippen molar-refractivity contribution in [2.24, 2.45) is 11.5 Å². The van der Waals surface area contributed by atoms with Crippen LogP contribution in [-0.2, 0) is 0 Å². The lowest BCUT2D eigenvalue weighted by Gasteiger charge is -2.06. The Kier molecular flexibility index (Phi) is 2.86. The molecule has 1 aromatic rings. The molecule has 0 saturated heterocycles. The van der Waals surface area contributed by atoms with Gasteiger partial charge in [-0.1, -0.05) is 0 Å². The lowest BCUT2D eigenvalue weighted by Crippen LogP contribution is -2.14. The standard InChI is InChI=1S/C7H12N2S/c8-3-1-7(9)6-2-4-10-5-6/h2,4-5,7H,1,3,8-9H2/t7-/m1/s1. The molecule has 10 heavy (non-hydrogen) atoms. The van der Waals surface area contributed by atoms with Gasteiger partial charge in [-0.2, -0.15) is 11.3 Å². The molecule has 3 heteroatoms. The molecular weight excluding hydrogens is 144 g/mol. The molecule has 56 valence electrons. The quantitative estimate of drug-likeness (QED) is 0.688. The third-order valence-corrected chi connectivity index (χ3v) is 2.15. The Morgan fingerprint density at radius 2 is 2.40 bits per heavy atom. The van der Waals surface area contributed by atoms with Gasteiger partial charge in [-0.05, 0) is 35.4 Å². The average Bonchev–Trinajstić information content (AvgIpc) is 2.38. The Morgan fingerprint density at radius 3 is 2.90 bits per heavy atom. The van der Waals surface area contributed by atoms with Gasteiger partial charge < -0.3 is 11.5 Å². The average molecular weight is 156 g/mol. The Balaban J connectivity index is 2.50. The van der Waals surface area contributed by atoms with Crippen LogP contribution in [0.5, 0.6) is 0 Å².